The van der Waals surface area contributed by atoms with Crippen LogP contribution in [0.4, 0.5) is 0 Å². The van der Waals surface area contributed by atoms with Gasteiger partial charge in [0, 0.05) is 50.7 Å². The highest BCUT2D eigenvalue weighted by Gasteiger charge is 2.33. The molecule has 5 heterocycles. The summed E-state index contributed by atoms with van der Waals surface area (Å²) in [6.07, 6.45) is 5.06. The normalized spacial score (nSPS) is 19.8. The minimum atomic E-state index is -3.65. The Hall–Kier alpha value is -2.89. The van der Waals surface area contributed by atoms with Crippen molar-refractivity contribution in [3.05, 3.63) is 58.1 Å². The maximum Gasteiger partial charge on any atom is 0.259 e. The molecule has 0 amide bonds. The predicted octanol–water partition coefficient (Wildman–Crippen LogP) is 1.03. The summed E-state index contributed by atoms with van der Waals surface area (Å²) in [6.45, 7) is 2.16. The zero-order valence-corrected chi connectivity index (χ0v) is 17.6. The van der Waals surface area contributed by atoms with Crippen LogP contribution in [0.1, 0.15) is 35.9 Å². The first-order chi connectivity index (χ1) is 15.0. The lowest BCUT2D eigenvalue weighted by Crippen LogP contribution is -2.39. The number of H-pyrrole nitrogens is 1. The van der Waals surface area contributed by atoms with Crippen molar-refractivity contribution in [1.29, 1.82) is 0 Å². The highest BCUT2D eigenvalue weighted by atomic mass is 32.2. The van der Waals surface area contributed by atoms with Crippen LogP contribution in [0.3, 0.4) is 0 Å². The van der Waals surface area contributed by atoms with Gasteiger partial charge in [-0.2, -0.15) is 9.29 Å². The van der Waals surface area contributed by atoms with Gasteiger partial charge < -0.3 is 14.8 Å². The molecule has 0 aromatic carbocycles. The van der Waals surface area contributed by atoms with Crippen LogP contribution in [-0.4, -0.2) is 52.5 Å². The third-order valence-corrected chi connectivity index (χ3v) is 7.62. The molecule has 1 atom stereocenters. The molecule has 10 nitrogen and oxygen atoms in total. The van der Waals surface area contributed by atoms with Crippen molar-refractivity contribution in [2.24, 2.45) is 0 Å². The molecule has 0 aliphatic carbocycles. The Balaban J connectivity index is 1.40. The van der Waals surface area contributed by atoms with E-state index >= 15 is 0 Å². The van der Waals surface area contributed by atoms with Gasteiger partial charge in [0.1, 0.15) is 4.90 Å². The van der Waals surface area contributed by atoms with Crippen LogP contribution in [0.25, 0.3) is 11.4 Å². The first-order valence-electron chi connectivity index (χ1n) is 10.2. The fraction of sp³-hybridized carbons (Fsp3) is 0.400. The van der Waals surface area contributed by atoms with Gasteiger partial charge in [-0.1, -0.05) is 5.16 Å². The Kier molecular flexibility index (Phi) is 5.16. The second-order valence-electron chi connectivity index (χ2n) is 7.79. The average molecular weight is 443 g/mol. The predicted molar refractivity (Wildman–Crippen MR) is 111 cm³/mol. The van der Waals surface area contributed by atoms with E-state index in [0.717, 1.165) is 30.6 Å². The number of aromatic amines is 1. The Morgan fingerprint density at radius 1 is 1.29 bits per heavy atom. The third-order valence-electron chi connectivity index (χ3n) is 5.77. The topological polar surface area (TPSA) is 134 Å². The zero-order chi connectivity index (χ0) is 21.4. The van der Waals surface area contributed by atoms with Gasteiger partial charge in [0.2, 0.25) is 21.7 Å². The fourth-order valence-corrected chi connectivity index (χ4v) is 5.60. The van der Waals surface area contributed by atoms with Gasteiger partial charge in [-0.3, -0.25) is 9.78 Å². The number of hydrogen-bond donors (Lipinski definition) is 2. The van der Waals surface area contributed by atoms with Crippen LogP contribution in [0, 0.1) is 0 Å². The van der Waals surface area contributed by atoms with Gasteiger partial charge >= 0.3 is 0 Å². The van der Waals surface area contributed by atoms with E-state index in [1.165, 1.54) is 22.8 Å². The van der Waals surface area contributed by atoms with E-state index in [-0.39, 0.29) is 28.7 Å². The highest BCUT2D eigenvalue weighted by Crippen LogP contribution is 2.30. The summed E-state index contributed by atoms with van der Waals surface area (Å²) < 4.78 is 32.8. The summed E-state index contributed by atoms with van der Waals surface area (Å²) in [5, 5.41) is 7.29. The quantitative estimate of drug-likeness (QED) is 0.612. The van der Waals surface area contributed by atoms with Crippen molar-refractivity contribution >= 4 is 10.0 Å². The van der Waals surface area contributed by atoms with Crippen LogP contribution in [0.5, 0.6) is 0 Å². The minimum Gasteiger partial charge on any atom is -0.339 e. The van der Waals surface area contributed by atoms with Crippen molar-refractivity contribution < 1.29 is 12.9 Å². The summed E-state index contributed by atoms with van der Waals surface area (Å²) in [6, 6.07) is 4.94. The molecule has 1 saturated heterocycles. The maximum absolute atomic E-state index is 12.9. The van der Waals surface area contributed by atoms with Crippen molar-refractivity contribution in [3.8, 4) is 11.4 Å². The maximum atomic E-state index is 12.9. The van der Waals surface area contributed by atoms with E-state index in [4.69, 9.17) is 4.52 Å². The molecule has 3 aromatic heterocycles. The van der Waals surface area contributed by atoms with Gasteiger partial charge in [0.15, 0.2) is 0 Å². The van der Waals surface area contributed by atoms with E-state index in [1.807, 2.05) is 0 Å². The SMILES string of the molecule is O=c1[nH]c2c(cc1-c1noc(C3CCCN(S(=O)(=O)c4cccnc4)C3)n1)CNCC2. The minimum absolute atomic E-state index is 0.163. The van der Waals surface area contributed by atoms with E-state index in [1.54, 1.807) is 12.1 Å². The molecule has 0 saturated carbocycles. The Bertz CT molecular complexity index is 1250. The second-order valence-corrected chi connectivity index (χ2v) is 9.73. The van der Waals surface area contributed by atoms with Crippen LogP contribution < -0.4 is 10.9 Å². The number of aromatic nitrogens is 4. The number of piperidine rings is 1. The molecule has 0 bridgehead atoms. The molecule has 0 radical (unpaired) electrons. The van der Waals surface area contributed by atoms with Gasteiger partial charge in [-0.25, -0.2) is 8.42 Å². The lowest BCUT2D eigenvalue weighted by atomic mass is 10.00. The van der Waals surface area contributed by atoms with Crippen LogP contribution in [0.2, 0.25) is 0 Å². The molecular weight excluding hydrogens is 420 g/mol. The molecule has 2 N–H and O–H groups in total. The lowest BCUT2D eigenvalue weighted by Gasteiger charge is -2.30. The van der Waals surface area contributed by atoms with Crippen molar-refractivity contribution in [1.82, 2.24) is 29.7 Å². The average Bonchev–Trinajstić information content (AvgIpc) is 3.29. The third kappa shape index (κ3) is 3.80. The van der Waals surface area contributed by atoms with E-state index in [9.17, 15) is 13.2 Å². The number of pyridine rings is 2. The number of nitrogens with one attached hydrogen (secondary N) is 2. The monoisotopic (exact) mass is 442 g/mol. The summed E-state index contributed by atoms with van der Waals surface area (Å²) in [5.74, 6) is 0.327. The molecule has 2 aliphatic rings. The number of hydrogen-bond acceptors (Lipinski definition) is 8. The number of nitrogens with zero attached hydrogens (tertiary/aromatic N) is 4. The molecule has 162 valence electrons. The van der Waals surface area contributed by atoms with Crippen LogP contribution >= 0.6 is 0 Å². The Morgan fingerprint density at radius 2 is 2.19 bits per heavy atom. The fourth-order valence-electron chi connectivity index (χ4n) is 4.12. The molecular formula is C20H22N6O4S. The van der Waals surface area contributed by atoms with E-state index in [0.29, 0.717) is 31.0 Å². The summed E-state index contributed by atoms with van der Waals surface area (Å²) >= 11 is 0. The van der Waals surface area contributed by atoms with Gasteiger partial charge in [0.25, 0.3) is 5.56 Å². The van der Waals surface area contributed by atoms with E-state index < -0.39 is 10.0 Å². The number of fused-ring (bicyclic) bond motifs is 1. The highest BCUT2D eigenvalue weighted by molar-refractivity contribution is 7.89. The molecule has 1 unspecified atom stereocenters. The van der Waals surface area contributed by atoms with Crippen molar-refractivity contribution in [2.75, 3.05) is 19.6 Å². The van der Waals surface area contributed by atoms with Crippen molar-refractivity contribution in [2.45, 2.75) is 36.6 Å². The molecule has 5 rings (SSSR count). The van der Waals surface area contributed by atoms with Crippen molar-refractivity contribution in [3.63, 3.8) is 0 Å². The summed E-state index contributed by atoms with van der Waals surface area (Å²) in [7, 11) is -3.65. The zero-order valence-electron chi connectivity index (χ0n) is 16.7. The molecule has 1 fully saturated rings. The van der Waals surface area contributed by atoms with Crippen LogP contribution in [0.15, 0.2) is 44.8 Å². The first-order valence-corrected chi connectivity index (χ1v) is 11.7. The van der Waals surface area contributed by atoms with Gasteiger partial charge in [-0.05, 0) is 36.6 Å². The molecule has 31 heavy (non-hydrogen) atoms. The Morgan fingerprint density at radius 3 is 3.03 bits per heavy atom. The molecule has 2 aliphatic heterocycles. The lowest BCUT2D eigenvalue weighted by molar-refractivity contribution is 0.265. The molecule has 3 aromatic rings. The smallest absolute Gasteiger partial charge is 0.259 e. The second kappa shape index (κ2) is 7.98. The summed E-state index contributed by atoms with van der Waals surface area (Å²) in [5.41, 5.74) is 2.05. The van der Waals surface area contributed by atoms with Gasteiger partial charge in [0.05, 0.1) is 11.5 Å². The number of sulfonamides is 1. The molecule has 0 spiro atoms. The van der Waals surface area contributed by atoms with Gasteiger partial charge in [-0.15, -0.1) is 0 Å². The number of rotatable bonds is 4. The van der Waals surface area contributed by atoms with Crippen LogP contribution in [-0.2, 0) is 23.0 Å². The first kappa shape index (κ1) is 20.0. The Labute approximate surface area is 178 Å². The summed E-state index contributed by atoms with van der Waals surface area (Å²) in [4.78, 5) is 24.0. The molecule has 11 heteroatoms. The van der Waals surface area contributed by atoms with E-state index in [2.05, 4.69) is 25.4 Å². The standard InChI is InChI=1S/C20H22N6O4S/c27-19-16(9-14-10-22-7-5-17(14)23-19)18-24-20(30-25-18)13-3-2-8-26(12-13)31(28,29)15-4-1-6-21-11-15/h1,4,6,9,11,13,22H,2-3,5,7-8,10,12H2,(H,23,27). The largest absolute Gasteiger partial charge is 0.339 e.